The molecule has 0 fully saturated rings. The zero-order chi connectivity index (χ0) is 12.7. The molecule has 3 N–H and O–H groups in total. The van der Waals surface area contributed by atoms with E-state index in [2.05, 4.69) is 15.9 Å². The van der Waals surface area contributed by atoms with Crippen molar-refractivity contribution in [1.82, 2.24) is 0 Å². The van der Waals surface area contributed by atoms with Gasteiger partial charge in [-0.05, 0) is 24.3 Å². The average Bonchev–Trinajstić information content (AvgIpc) is 2.35. The summed E-state index contributed by atoms with van der Waals surface area (Å²) in [6, 6.07) is 14.4. The molecular weight excluding hydrogens is 285 g/mol. The summed E-state index contributed by atoms with van der Waals surface area (Å²) in [5, 5.41) is 9.00. The topological polar surface area (TPSA) is 36.8 Å². The summed E-state index contributed by atoms with van der Waals surface area (Å²) in [7, 11) is 1.00. The van der Waals surface area contributed by atoms with Crippen LogP contribution in [0.1, 0.15) is 0 Å². The van der Waals surface area contributed by atoms with Crippen molar-refractivity contribution in [2.45, 2.75) is 0 Å². The number of rotatable bonds is 2. The molecule has 0 saturated carbocycles. The SMILES string of the molecule is CO.Fc1ccc([NH2+]c2cccc(Br)c2)cc1. The molecule has 0 bridgehead atoms. The molecule has 0 unspecified atom stereocenters. The van der Waals surface area contributed by atoms with Crippen LogP contribution in [0.5, 0.6) is 0 Å². The lowest BCUT2D eigenvalue weighted by Crippen LogP contribution is -2.70. The molecule has 2 aromatic rings. The van der Waals surface area contributed by atoms with Crippen molar-refractivity contribution in [3.05, 3.63) is 58.8 Å². The number of benzene rings is 2. The predicted molar refractivity (Wildman–Crippen MR) is 69.9 cm³/mol. The minimum Gasteiger partial charge on any atom is -0.400 e. The van der Waals surface area contributed by atoms with Crippen molar-refractivity contribution in [3.8, 4) is 0 Å². The lowest BCUT2D eigenvalue weighted by Gasteiger charge is -2.00. The van der Waals surface area contributed by atoms with Crippen molar-refractivity contribution in [3.63, 3.8) is 0 Å². The monoisotopic (exact) mass is 298 g/mol. The van der Waals surface area contributed by atoms with Gasteiger partial charge in [0.25, 0.3) is 0 Å². The van der Waals surface area contributed by atoms with E-state index in [0.29, 0.717) is 0 Å². The highest BCUT2D eigenvalue weighted by molar-refractivity contribution is 9.10. The first-order valence-corrected chi connectivity index (χ1v) is 5.84. The van der Waals surface area contributed by atoms with Crippen molar-refractivity contribution in [2.75, 3.05) is 7.11 Å². The smallest absolute Gasteiger partial charge is 0.135 e. The van der Waals surface area contributed by atoms with Crippen molar-refractivity contribution < 1.29 is 14.8 Å². The summed E-state index contributed by atoms with van der Waals surface area (Å²) in [5.41, 5.74) is 2.09. The number of aliphatic hydroxyl groups is 1. The first-order valence-electron chi connectivity index (χ1n) is 5.05. The fraction of sp³-hybridized carbons (Fsp3) is 0.0769. The zero-order valence-electron chi connectivity index (χ0n) is 9.40. The van der Waals surface area contributed by atoms with Gasteiger partial charge < -0.3 is 5.11 Å². The summed E-state index contributed by atoms with van der Waals surface area (Å²) in [6.07, 6.45) is 0. The highest BCUT2D eigenvalue weighted by atomic mass is 79.9. The fourth-order valence-corrected chi connectivity index (χ4v) is 1.76. The standard InChI is InChI=1S/C12H9BrFN.CH4O/c13-9-2-1-3-12(8-9)15-11-6-4-10(14)5-7-11;1-2/h1-8,15H;2H,1H3/p+1. The fourth-order valence-electron chi connectivity index (χ4n) is 1.35. The van der Waals surface area contributed by atoms with Crippen LogP contribution >= 0.6 is 15.9 Å². The van der Waals surface area contributed by atoms with E-state index in [1.807, 2.05) is 29.6 Å². The largest absolute Gasteiger partial charge is 0.400 e. The van der Waals surface area contributed by atoms with E-state index in [1.54, 1.807) is 12.1 Å². The van der Waals surface area contributed by atoms with E-state index >= 15 is 0 Å². The molecular formula is C13H14BrFNO+. The molecule has 0 spiro atoms. The van der Waals surface area contributed by atoms with Gasteiger partial charge in [-0.3, -0.25) is 5.32 Å². The van der Waals surface area contributed by atoms with Crippen LogP contribution in [-0.2, 0) is 0 Å². The molecule has 2 aromatic carbocycles. The van der Waals surface area contributed by atoms with E-state index in [-0.39, 0.29) is 5.82 Å². The molecule has 0 aliphatic heterocycles. The van der Waals surface area contributed by atoms with Crippen molar-refractivity contribution >= 4 is 27.3 Å². The van der Waals surface area contributed by atoms with E-state index < -0.39 is 0 Å². The molecule has 17 heavy (non-hydrogen) atoms. The number of hydrogen-bond donors (Lipinski definition) is 2. The summed E-state index contributed by atoms with van der Waals surface area (Å²) in [5.74, 6) is -0.207. The average molecular weight is 299 g/mol. The van der Waals surface area contributed by atoms with Crippen LogP contribution in [0.4, 0.5) is 15.8 Å². The Morgan fingerprint density at radius 2 is 1.65 bits per heavy atom. The van der Waals surface area contributed by atoms with Crippen molar-refractivity contribution in [1.29, 1.82) is 0 Å². The number of nitrogens with two attached hydrogens (primary N) is 1. The van der Waals surface area contributed by atoms with E-state index in [4.69, 9.17) is 5.11 Å². The maximum atomic E-state index is 12.7. The Balaban J connectivity index is 0.000000686. The van der Waals surface area contributed by atoms with Gasteiger partial charge in [-0.2, -0.15) is 0 Å². The van der Waals surface area contributed by atoms with E-state index in [9.17, 15) is 4.39 Å². The minimum absolute atomic E-state index is 0.207. The maximum Gasteiger partial charge on any atom is 0.135 e. The number of hydrogen-bond acceptors (Lipinski definition) is 1. The van der Waals surface area contributed by atoms with Gasteiger partial charge in [-0.1, -0.05) is 22.0 Å². The highest BCUT2D eigenvalue weighted by Crippen LogP contribution is 2.13. The normalized spacial score (nSPS) is 9.41. The van der Waals surface area contributed by atoms with Gasteiger partial charge in [0, 0.05) is 29.8 Å². The lowest BCUT2D eigenvalue weighted by molar-refractivity contribution is -0.478. The van der Waals surface area contributed by atoms with E-state index in [1.165, 1.54) is 12.1 Å². The second-order valence-electron chi connectivity index (χ2n) is 3.25. The Hall–Kier alpha value is -1.23. The van der Waals surface area contributed by atoms with Crippen LogP contribution in [0.3, 0.4) is 0 Å². The third-order valence-electron chi connectivity index (χ3n) is 2.05. The molecule has 4 heteroatoms. The molecule has 0 saturated heterocycles. The molecule has 0 amide bonds. The molecule has 0 aliphatic rings. The second kappa shape index (κ2) is 7.17. The third-order valence-corrected chi connectivity index (χ3v) is 2.55. The molecule has 0 heterocycles. The Bertz CT molecular complexity index is 459. The molecule has 0 atom stereocenters. The summed E-state index contributed by atoms with van der Waals surface area (Å²) in [4.78, 5) is 0. The lowest BCUT2D eigenvalue weighted by atomic mass is 10.2. The molecule has 0 radical (unpaired) electrons. The van der Waals surface area contributed by atoms with Gasteiger partial charge in [-0.25, -0.2) is 4.39 Å². The highest BCUT2D eigenvalue weighted by Gasteiger charge is 2.00. The quantitative estimate of drug-likeness (QED) is 0.822. The van der Waals surface area contributed by atoms with Crippen LogP contribution in [0, 0.1) is 5.82 Å². The molecule has 2 nitrogen and oxygen atoms in total. The Morgan fingerprint density at radius 3 is 2.24 bits per heavy atom. The Kier molecular flexibility index (Phi) is 5.83. The first kappa shape index (κ1) is 13.8. The van der Waals surface area contributed by atoms with E-state index in [0.717, 1.165) is 23.0 Å². The van der Waals surface area contributed by atoms with Crippen molar-refractivity contribution in [2.24, 2.45) is 0 Å². The molecule has 0 aromatic heterocycles. The van der Waals surface area contributed by atoms with Crippen LogP contribution in [0.2, 0.25) is 0 Å². The van der Waals surface area contributed by atoms with Crippen LogP contribution in [0.25, 0.3) is 0 Å². The van der Waals surface area contributed by atoms with Gasteiger partial charge in [0.15, 0.2) is 0 Å². The summed E-state index contributed by atoms with van der Waals surface area (Å²) < 4.78 is 13.7. The van der Waals surface area contributed by atoms with Gasteiger partial charge in [0.1, 0.15) is 17.2 Å². The Labute approximate surface area is 108 Å². The maximum absolute atomic E-state index is 12.7. The third kappa shape index (κ3) is 4.65. The van der Waals surface area contributed by atoms with Gasteiger partial charge in [0.05, 0.1) is 0 Å². The summed E-state index contributed by atoms with van der Waals surface area (Å²) >= 11 is 3.41. The zero-order valence-corrected chi connectivity index (χ0v) is 11.0. The van der Waals surface area contributed by atoms with Gasteiger partial charge in [0.2, 0.25) is 0 Å². The number of halogens is 2. The first-order chi connectivity index (χ1) is 8.24. The van der Waals surface area contributed by atoms with Crippen LogP contribution in [-0.4, -0.2) is 12.2 Å². The Morgan fingerprint density at radius 1 is 1.00 bits per heavy atom. The number of aliphatic hydroxyl groups excluding tert-OH is 1. The van der Waals surface area contributed by atoms with Crippen LogP contribution < -0.4 is 5.32 Å². The minimum atomic E-state index is -0.207. The predicted octanol–water partition coefficient (Wildman–Crippen LogP) is 2.72. The molecule has 90 valence electrons. The van der Waals surface area contributed by atoms with Gasteiger partial charge >= 0.3 is 0 Å². The summed E-state index contributed by atoms with van der Waals surface area (Å²) in [6.45, 7) is 0. The molecule has 0 aliphatic carbocycles. The van der Waals surface area contributed by atoms with Gasteiger partial charge in [-0.15, -0.1) is 0 Å². The number of quaternary nitrogens is 1. The van der Waals surface area contributed by atoms with Crippen LogP contribution in [0.15, 0.2) is 53.0 Å². The molecule has 2 rings (SSSR count). The second-order valence-corrected chi connectivity index (χ2v) is 4.17.